The molecule has 0 aromatic rings. The van der Waals surface area contributed by atoms with Crippen molar-refractivity contribution in [1.82, 2.24) is 14.7 Å². The molecule has 0 N–H and O–H groups in total. The average molecular weight is 239 g/mol. The van der Waals surface area contributed by atoms with E-state index in [-0.39, 0.29) is 6.04 Å². The van der Waals surface area contributed by atoms with Gasteiger partial charge < -0.3 is 9.80 Å². The van der Waals surface area contributed by atoms with E-state index in [0.717, 1.165) is 52.1 Å². The molecule has 0 radical (unpaired) electrons. The minimum absolute atomic E-state index is 0.179. The van der Waals surface area contributed by atoms with Crippen molar-refractivity contribution in [2.45, 2.75) is 32.2 Å². The molecular weight excluding hydrogens is 214 g/mol. The minimum atomic E-state index is 0.179. The molecule has 1 amide bonds. The second-order valence-corrected chi connectivity index (χ2v) is 5.32. The van der Waals surface area contributed by atoms with E-state index in [1.807, 2.05) is 0 Å². The molecule has 2 rings (SSSR count). The van der Waals surface area contributed by atoms with E-state index in [1.54, 1.807) is 0 Å². The summed E-state index contributed by atoms with van der Waals surface area (Å²) in [6.07, 6.45) is 3.39. The lowest BCUT2D eigenvalue weighted by molar-refractivity contribution is -0.137. The van der Waals surface area contributed by atoms with Gasteiger partial charge in [-0.2, -0.15) is 0 Å². The molecule has 0 bridgehead atoms. The van der Waals surface area contributed by atoms with Crippen LogP contribution < -0.4 is 0 Å². The maximum atomic E-state index is 12.5. The first-order valence-corrected chi connectivity index (χ1v) is 6.93. The van der Waals surface area contributed by atoms with Crippen LogP contribution in [0.1, 0.15) is 26.2 Å². The van der Waals surface area contributed by atoms with Crippen molar-refractivity contribution in [3.63, 3.8) is 0 Å². The van der Waals surface area contributed by atoms with Crippen LogP contribution in [0.25, 0.3) is 0 Å². The number of nitrogens with zero attached hydrogens (tertiary/aromatic N) is 3. The summed E-state index contributed by atoms with van der Waals surface area (Å²) in [6, 6.07) is 0.179. The predicted molar refractivity (Wildman–Crippen MR) is 69.0 cm³/mol. The summed E-state index contributed by atoms with van der Waals surface area (Å²) < 4.78 is 0. The van der Waals surface area contributed by atoms with E-state index in [2.05, 4.69) is 28.7 Å². The third-order valence-electron chi connectivity index (χ3n) is 3.97. The molecule has 0 saturated carbocycles. The average Bonchev–Trinajstić information content (AvgIpc) is 2.78. The van der Waals surface area contributed by atoms with Crippen LogP contribution in [0.2, 0.25) is 0 Å². The van der Waals surface area contributed by atoms with Gasteiger partial charge in [0.25, 0.3) is 0 Å². The van der Waals surface area contributed by atoms with Crippen molar-refractivity contribution in [1.29, 1.82) is 0 Å². The van der Waals surface area contributed by atoms with Gasteiger partial charge in [0.15, 0.2) is 0 Å². The summed E-state index contributed by atoms with van der Waals surface area (Å²) in [5.41, 5.74) is 0. The zero-order valence-corrected chi connectivity index (χ0v) is 11.2. The lowest BCUT2D eigenvalue weighted by Crippen LogP contribution is -2.52. The predicted octanol–water partition coefficient (Wildman–Crippen LogP) is 0.635. The van der Waals surface area contributed by atoms with Gasteiger partial charge >= 0.3 is 0 Å². The summed E-state index contributed by atoms with van der Waals surface area (Å²) in [5, 5.41) is 0. The molecule has 2 saturated heterocycles. The SMILES string of the molecule is CCCN1CCCC1C(=O)N1CCN(C)CC1. The van der Waals surface area contributed by atoms with E-state index in [0.29, 0.717) is 5.91 Å². The number of carbonyl (C=O) groups excluding carboxylic acids is 1. The largest absolute Gasteiger partial charge is 0.339 e. The van der Waals surface area contributed by atoms with E-state index in [1.165, 1.54) is 6.42 Å². The molecule has 0 aromatic carbocycles. The third-order valence-corrected chi connectivity index (χ3v) is 3.97. The molecule has 0 aromatic heterocycles. The number of hydrogen-bond acceptors (Lipinski definition) is 3. The Hall–Kier alpha value is -0.610. The molecule has 2 aliphatic heterocycles. The summed E-state index contributed by atoms with van der Waals surface area (Å²) in [5.74, 6) is 0.379. The van der Waals surface area contributed by atoms with Crippen LogP contribution >= 0.6 is 0 Å². The summed E-state index contributed by atoms with van der Waals surface area (Å²) in [6.45, 7) is 8.23. The highest BCUT2D eigenvalue weighted by molar-refractivity contribution is 5.82. The second-order valence-electron chi connectivity index (χ2n) is 5.32. The monoisotopic (exact) mass is 239 g/mol. The van der Waals surface area contributed by atoms with Gasteiger partial charge in [0.1, 0.15) is 0 Å². The fourth-order valence-electron chi connectivity index (χ4n) is 2.90. The lowest BCUT2D eigenvalue weighted by atomic mass is 10.1. The Morgan fingerprint density at radius 2 is 1.88 bits per heavy atom. The first-order valence-electron chi connectivity index (χ1n) is 6.93. The highest BCUT2D eigenvalue weighted by Crippen LogP contribution is 2.20. The summed E-state index contributed by atoms with van der Waals surface area (Å²) in [7, 11) is 2.13. The molecule has 17 heavy (non-hydrogen) atoms. The van der Waals surface area contributed by atoms with Gasteiger partial charge in [0.2, 0.25) is 5.91 Å². The Morgan fingerprint density at radius 1 is 1.18 bits per heavy atom. The number of likely N-dealkylation sites (N-methyl/N-ethyl adjacent to an activating group) is 1. The van der Waals surface area contributed by atoms with Gasteiger partial charge in [-0.25, -0.2) is 0 Å². The number of likely N-dealkylation sites (tertiary alicyclic amines) is 1. The molecule has 4 heteroatoms. The quantitative estimate of drug-likeness (QED) is 0.723. The fourth-order valence-corrected chi connectivity index (χ4v) is 2.90. The standard InChI is InChI=1S/C13H25N3O/c1-3-6-15-7-4-5-12(15)13(17)16-10-8-14(2)9-11-16/h12H,3-11H2,1-2H3. The van der Waals surface area contributed by atoms with E-state index in [4.69, 9.17) is 0 Å². The molecule has 2 fully saturated rings. The first kappa shape index (κ1) is 12.8. The Bertz CT molecular complexity index is 261. The second kappa shape index (κ2) is 5.83. The Morgan fingerprint density at radius 3 is 2.53 bits per heavy atom. The van der Waals surface area contributed by atoms with Crippen LogP contribution in [-0.4, -0.2) is 73.0 Å². The van der Waals surface area contributed by atoms with Gasteiger partial charge in [0, 0.05) is 26.2 Å². The Kier molecular flexibility index (Phi) is 4.40. The van der Waals surface area contributed by atoms with Crippen LogP contribution in [-0.2, 0) is 4.79 Å². The Labute approximate surface area is 105 Å². The molecule has 4 nitrogen and oxygen atoms in total. The van der Waals surface area contributed by atoms with Gasteiger partial charge in [-0.15, -0.1) is 0 Å². The van der Waals surface area contributed by atoms with Crippen LogP contribution in [0.5, 0.6) is 0 Å². The zero-order chi connectivity index (χ0) is 12.3. The normalized spacial score (nSPS) is 27.6. The van der Waals surface area contributed by atoms with Gasteiger partial charge in [0.05, 0.1) is 6.04 Å². The molecule has 98 valence electrons. The summed E-state index contributed by atoms with van der Waals surface area (Å²) >= 11 is 0. The summed E-state index contributed by atoms with van der Waals surface area (Å²) in [4.78, 5) is 19.2. The van der Waals surface area contributed by atoms with Gasteiger partial charge in [-0.3, -0.25) is 9.69 Å². The number of carbonyl (C=O) groups is 1. The van der Waals surface area contributed by atoms with E-state index >= 15 is 0 Å². The molecule has 1 unspecified atom stereocenters. The maximum Gasteiger partial charge on any atom is 0.240 e. The molecule has 2 aliphatic rings. The Balaban J connectivity index is 1.90. The van der Waals surface area contributed by atoms with E-state index in [9.17, 15) is 4.79 Å². The molecule has 2 heterocycles. The lowest BCUT2D eigenvalue weighted by Gasteiger charge is -2.35. The van der Waals surface area contributed by atoms with Gasteiger partial charge in [-0.1, -0.05) is 6.92 Å². The zero-order valence-electron chi connectivity index (χ0n) is 11.2. The van der Waals surface area contributed by atoms with Gasteiger partial charge in [-0.05, 0) is 39.4 Å². The molecule has 1 atom stereocenters. The molecule has 0 spiro atoms. The minimum Gasteiger partial charge on any atom is -0.339 e. The number of hydrogen-bond donors (Lipinski definition) is 0. The highest BCUT2D eigenvalue weighted by Gasteiger charge is 2.33. The smallest absolute Gasteiger partial charge is 0.240 e. The highest BCUT2D eigenvalue weighted by atomic mass is 16.2. The van der Waals surface area contributed by atoms with Crippen LogP contribution in [0.4, 0.5) is 0 Å². The number of rotatable bonds is 3. The molecule has 0 aliphatic carbocycles. The van der Waals surface area contributed by atoms with Crippen molar-refractivity contribution in [2.75, 3.05) is 46.3 Å². The molecular formula is C13H25N3O. The van der Waals surface area contributed by atoms with Crippen molar-refractivity contribution >= 4 is 5.91 Å². The third kappa shape index (κ3) is 2.99. The fraction of sp³-hybridized carbons (Fsp3) is 0.923. The van der Waals surface area contributed by atoms with Crippen LogP contribution in [0.3, 0.4) is 0 Å². The van der Waals surface area contributed by atoms with E-state index < -0.39 is 0 Å². The van der Waals surface area contributed by atoms with Crippen molar-refractivity contribution in [3.8, 4) is 0 Å². The first-order chi connectivity index (χ1) is 8.22. The maximum absolute atomic E-state index is 12.5. The van der Waals surface area contributed by atoms with Crippen LogP contribution in [0.15, 0.2) is 0 Å². The van der Waals surface area contributed by atoms with Crippen LogP contribution in [0, 0.1) is 0 Å². The van der Waals surface area contributed by atoms with Crippen molar-refractivity contribution < 1.29 is 4.79 Å². The number of piperazine rings is 1. The van der Waals surface area contributed by atoms with Crippen molar-refractivity contribution in [2.24, 2.45) is 0 Å². The topological polar surface area (TPSA) is 26.8 Å². The number of amides is 1. The van der Waals surface area contributed by atoms with Crippen molar-refractivity contribution in [3.05, 3.63) is 0 Å².